The lowest BCUT2D eigenvalue weighted by atomic mass is 9.89. The van der Waals surface area contributed by atoms with Crippen LogP contribution < -0.4 is 5.32 Å². The molecule has 0 bridgehead atoms. The number of aromatic nitrogens is 2. The first-order valence-electron chi connectivity index (χ1n) is 7.18. The zero-order valence-corrected chi connectivity index (χ0v) is 12.3. The minimum absolute atomic E-state index is 0.211. The summed E-state index contributed by atoms with van der Waals surface area (Å²) < 4.78 is 5.17. The van der Waals surface area contributed by atoms with Crippen molar-refractivity contribution in [3.63, 3.8) is 0 Å². The number of nitrogens with zero attached hydrogens (tertiary/aromatic N) is 2. The van der Waals surface area contributed by atoms with Gasteiger partial charge in [-0.05, 0) is 37.5 Å². The normalized spacial score (nSPS) is 15.1. The molecule has 4 nitrogen and oxygen atoms in total. The summed E-state index contributed by atoms with van der Waals surface area (Å²) in [4.78, 5) is 8.82. The van der Waals surface area contributed by atoms with E-state index in [1.807, 2.05) is 0 Å². The maximum Gasteiger partial charge on any atom is 0.132 e. The summed E-state index contributed by atoms with van der Waals surface area (Å²) in [5, 5.41) is 3.52. The Morgan fingerprint density at radius 2 is 2.05 bits per heavy atom. The average molecular weight is 263 g/mol. The molecule has 1 N–H and O–H groups in total. The van der Waals surface area contributed by atoms with Gasteiger partial charge in [0.2, 0.25) is 0 Å². The molecule has 106 valence electrons. The van der Waals surface area contributed by atoms with Crippen LogP contribution in [-0.2, 0) is 17.6 Å². The Balaban J connectivity index is 1.99. The van der Waals surface area contributed by atoms with Crippen molar-refractivity contribution < 1.29 is 4.74 Å². The molecular weight excluding hydrogens is 238 g/mol. The fourth-order valence-electron chi connectivity index (χ4n) is 2.46. The van der Waals surface area contributed by atoms with Gasteiger partial charge in [0.15, 0.2) is 0 Å². The van der Waals surface area contributed by atoms with E-state index >= 15 is 0 Å². The van der Waals surface area contributed by atoms with Crippen LogP contribution >= 0.6 is 0 Å². The van der Waals surface area contributed by atoms with Gasteiger partial charge >= 0.3 is 0 Å². The molecule has 0 atom stereocenters. The molecule has 0 saturated heterocycles. The molecule has 0 radical (unpaired) electrons. The quantitative estimate of drug-likeness (QED) is 0.857. The minimum Gasteiger partial charge on any atom is -0.385 e. The van der Waals surface area contributed by atoms with E-state index in [0.29, 0.717) is 0 Å². The van der Waals surface area contributed by atoms with E-state index in [9.17, 15) is 0 Å². The number of rotatable bonds is 6. The van der Waals surface area contributed by atoms with E-state index in [2.05, 4.69) is 29.1 Å². The molecule has 1 aliphatic carbocycles. The SMILES string of the molecule is COCCC(C)(C)CNc1ncnc2c1CCCC2. The summed E-state index contributed by atoms with van der Waals surface area (Å²) in [5.74, 6) is 1.04. The third-order valence-corrected chi connectivity index (χ3v) is 3.84. The molecule has 1 aromatic heterocycles. The molecule has 4 heteroatoms. The number of ether oxygens (including phenoxy) is 1. The molecule has 0 spiro atoms. The molecule has 1 aromatic rings. The number of hydrogen-bond acceptors (Lipinski definition) is 4. The van der Waals surface area contributed by atoms with Crippen LogP contribution in [0.5, 0.6) is 0 Å². The van der Waals surface area contributed by atoms with Crippen molar-refractivity contribution in [2.45, 2.75) is 46.0 Å². The number of fused-ring (bicyclic) bond motifs is 1. The molecule has 1 aliphatic rings. The highest BCUT2D eigenvalue weighted by Crippen LogP contribution is 2.26. The van der Waals surface area contributed by atoms with Crippen molar-refractivity contribution in [3.05, 3.63) is 17.6 Å². The predicted molar refractivity (Wildman–Crippen MR) is 77.4 cm³/mol. The van der Waals surface area contributed by atoms with Crippen molar-refractivity contribution in [3.8, 4) is 0 Å². The van der Waals surface area contributed by atoms with E-state index in [1.165, 1.54) is 24.1 Å². The maximum absolute atomic E-state index is 5.17. The minimum atomic E-state index is 0.211. The summed E-state index contributed by atoms with van der Waals surface area (Å²) >= 11 is 0. The van der Waals surface area contributed by atoms with Crippen LogP contribution in [0.3, 0.4) is 0 Å². The van der Waals surface area contributed by atoms with Gasteiger partial charge in [0.25, 0.3) is 0 Å². The molecule has 2 rings (SSSR count). The largest absolute Gasteiger partial charge is 0.385 e. The second kappa shape index (κ2) is 6.33. The van der Waals surface area contributed by atoms with Crippen LogP contribution in [0.4, 0.5) is 5.82 Å². The van der Waals surface area contributed by atoms with Crippen molar-refractivity contribution in [2.24, 2.45) is 5.41 Å². The third-order valence-electron chi connectivity index (χ3n) is 3.84. The van der Waals surface area contributed by atoms with Gasteiger partial charge in [-0.25, -0.2) is 9.97 Å². The second-order valence-electron chi connectivity index (χ2n) is 6.12. The molecule has 0 amide bonds. The molecule has 0 aliphatic heterocycles. The Morgan fingerprint density at radius 3 is 2.84 bits per heavy atom. The predicted octanol–water partition coefficient (Wildman–Crippen LogP) is 2.83. The Kier molecular flexibility index (Phi) is 4.75. The number of hydrogen-bond donors (Lipinski definition) is 1. The lowest BCUT2D eigenvalue weighted by Gasteiger charge is -2.26. The van der Waals surface area contributed by atoms with Gasteiger partial charge in [-0.15, -0.1) is 0 Å². The van der Waals surface area contributed by atoms with Crippen molar-refractivity contribution in [1.29, 1.82) is 0 Å². The van der Waals surface area contributed by atoms with E-state index in [-0.39, 0.29) is 5.41 Å². The van der Waals surface area contributed by atoms with Crippen LogP contribution in [-0.4, -0.2) is 30.2 Å². The molecule has 19 heavy (non-hydrogen) atoms. The highest BCUT2D eigenvalue weighted by molar-refractivity contribution is 5.47. The monoisotopic (exact) mass is 263 g/mol. The second-order valence-corrected chi connectivity index (χ2v) is 6.12. The smallest absolute Gasteiger partial charge is 0.132 e. The lowest BCUT2D eigenvalue weighted by Crippen LogP contribution is -2.26. The molecule has 0 fully saturated rings. The van der Waals surface area contributed by atoms with Gasteiger partial charge in [-0.3, -0.25) is 0 Å². The van der Waals surface area contributed by atoms with Crippen LogP contribution in [0.2, 0.25) is 0 Å². The van der Waals surface area contributed by atoms with Crippen LogP contribution in [0.1, 0.15) is 44.4 Å². The molecule has 0 aromatic carbocycles. The summed E-state index contributed by atoms with van der Waals surface area (Å²) in [6, 6.07) is 0. The third kappa shape index (κ3) is 3.90. The first-order valence-corrected chi connectivity index (χ1v) is 7.18. The molecule has 1 heterocycles. The van der Waals surface area contributed by atoms with Gasteiger partial charge in [-0.1, -0.05) is 13.8 Å². The van der Waals surface area contributed by atoms with Gasteiger partial charge in [0.05, 0.1) is 0 Å². The molecule has 0 unspecified atom stereocenters. The fourth-order valence-corrected chi connectivity index (χ4v) is 2.46. The Labute approximate surface area is 116 Å². The summed E-state index contributed by atoms with van der Waals surface area (Å²) in [6.45, 7) is 6.23. The first kappa shape index (κ1) is 14.3. The average Bonchev–Trinajstić information content (AvgIpc) is 2.43. The maximum atomic E-state index is 5.17. The molecular formula is C15H25N3O. The Hall–Kier alpha value is -1.16. The zero-order chi connectivity index (χ0) is 13.7. The number of anilines is 1. The van der Waals surface area contributed by atoms with Crippen LogP contribution in [0.15, 0.2) is 6.33 Å². The van der Waals surface area contributed by atoms with Crippen molar-refractivity contribution in [1.82, 2.24) is 9.97 Å². The Bertz CT molecular complexity index is 418. The number of aryl methyl sites for hydroxylation is 1. The van der Waals surface area contributed by atoms with Gasteiger partial charge in [0, 0.05) is 31.5 Å². The van der Waals surface area contributed by atoms with Crippen molar-refractivity contribution >= 4 is 5.82 Å². The topological polar surface area (TPSA) is 47.0 Å². The number of methoxy groups -OCH3 is 1. The van der Waals surface area contributed by atoms with E-state index < -0.39 is 0 Å². The summed E-state index contributed by atoms with van der Waals surface area (Å²) in [7, 11) is 1.75. The van der Waals surface area contributed by atoms with E-state index in [0.717, 1.165) is 38.2 Å². The summed E-state index contributed by atoms with van der Waals surface area (Å²) in [5.41, 5.74) is 2.78. The zero-order valence-electron chi connectivity index (χ0n) is 12.3. The van der Waals surface area contributed by atoms with Crippen LogP contribution in [0, 0.1) is 5.41 Å². The fraction of sp³-hybridized carbons (Fsp3) is 0.733. The van der Waals surface area contributed by atoms with Crippen molar-refractivity contribution in [2.75, 3.05) is 25.6 Å². The highest BCUT2D eigenvalue weighted by atomic mass is 16.5. The lowest BCUT2D eigenvalue weighted by molar-refractivity contribution is 0.157. The standard InChI is InChI=1S/C15H25N3O/c1-15(2,8-9-19-3)10-16-14-12-6-4-5-7-13(12)17-11-18-14/h11H,4-10H2,1-3H3,(H,16,17,18). The van der Waals surface area contributed by atoms with Gasteiger partial charge in [0.1, 0.15) is 12.1 Å². The molecule has 0 saturated carbocycles. The highest BCUT2D eigenvalue weighted by Gasteiger charge is 2.20. The van der Waals surface area contributed by atoms with E-state index in [1.54, 1.807) is 13.4 Å². The Morgan fingerprint density at radius 1 is 1.26 bits per heavy atom. The van der Waals surface area contributed by atoms with E-state index in [4.69, 9.17) is 4.74 Å². The summed E-state index contributed by atoms with van der Waals surface area (Å²) in [6.07, 6.45) is 7.44. The first-order chi connectivity index (χ1) is 9.12. The van der Waals surface area contributed by atoms with Crippen LogP contribution in [0.25, 0.3) is 0 Å². The van der Waals surface area contributed by atoms with Gasteiger partial charge in [-0.2, -0.15) is 0 Å². The van der Waals surface area contributed by atoms with Gasteiger partial charge < -0.3 is 10.1 Å². The number of nitrogens with one attached hydrogen (secondary N) is 1.